The summed E-state index contributed by atoms with van der Waals surface area (Å²) in [6, 6.07) is 0. The van der Waals surface area contributed by atoms with E-state index in [2.05, 4.69) is 10.3 Å². The first kappa shape index (κ1) is 8.93. The molecule has 12 heavy (non-hydrogen) atoms. The molecule has 0 fully saturated rings. The maximum Gasteiger partial charge on any atom is 0.244 e. The molecule has 0 aliphatic carbocycles. The lowest BCUT2D eigenvalue weighted by atomic mass is 10.4. The highest BCUT2D eigenvalue weighted by atomic mass is 32.1. The van der Waals surface area contributed by atoms with Crippen molar-refractivity contribution < 1.29 is 4.79 Å². The van der Waals surface area contributed by atoms with Crippen LogP contribution in [0.2, 0.25) is 0 Å². The largest absolute Gasteiger partial charge is 0.353 e. The monoisotopic (exact) mass is 182 g/mol. The summed E-state index contributed by atoms with van der Waals surface area (Å²) in [5.41, 5.74) is 1.73. The lowest BCUT2D eigenvalue weighted by Crippen LogP contribution is -2.19. The Morgan fingerprint density at radius 3 is 3.25 bits per heavy atom. The fourth-order valence-corrected chi connectivity index (χ4v) is 1.21. The Morgan fingerprint density at radius 1 is 1.83 bits per heavy atom. The van der Waals surface area contributed by atoms with Crippen molar-refractivity contribution in [3.8, 4) is 0 Å². The van der Waals surface area contributed by atoms with Crippen molar-refractivity contribution >= 4 is 23.3 Å². The van der Waals surface area contributed by atoms with Gasteiger partial charge in [-0.1, -0.05) is 0 Å². The van der Waals surface area contributed by atoms with Gasteiger partial charge in [0.2, 0.25) is 5.91 Å². The van der Waals surface area contributed by atoms with Crippen LogP contribution >= 0.6 is 11.3 Å². The molecule has 1 aromatic rings. The second-order valence-corrected chi connectivity index (χ2v) is 3.05. The molecule has 0 saturated heterocycles. The smallest absolute Gasteiger partial charge is 0.244 e. The molecule has 1 N–H and O–H groups in total. The molecule has 4 heteroatoms. The Morgan fingerprint density at radius 2 is 2.67 bits per heavy atom. The van der Waals surface area contributed by atoms with Gasteiger partial charge in [0.1, 0.15) is 0 Å². The first-order chi connectivity index (χ1) is 5.83. The third-order valence-corrected chi connectivity index (χ3v) is 1.94. The average Bonchev–Trinajstić information content (AvgIpc) is 2.53. The quantitative estimate of drug-likeness (QED) is 0.716. The molecule has 1 rings (SSSR count). The summed E-state index contributed by atoms with van der Waals surface area (Å²) in [7, 11) is 0. The summed E-state index contributed by atoms with van der Waals surface area (Å²) in [5.74, 6) is -0.0640. The number of hydrogen-bond donors (Lipinski definition) is 1. The number of carbonyl (C=O) groups excluding carboxylic acids is 1. The van der Waals surface area contributed by atoms with Gasteiger partial charge in [-0.25, -0.2) is 0 Å². The van der Waals surface area contributed by atoms with Crippen LogP contribution in [0.3, 0.4) is 0 Å². The number of amides is 1. The van der Waals surface area contributed by atoms with E-state index in [4.69, 9.17) is 0 Å². The minimum atomic E-state index is -0.0640. The molecule has 1 aromatic heterocycles. The predicted octanol–water partition coefficient (Wildman–Crippen LogP) is 1.29. The lowest BCUT2D eigenvalue weighted by Gasteiger charge is -1.92. The molecule has 1 heterocycles. The van der Waals surface area contributed by atoms with Gasteiger partial charge in [0, 0.05) is 23.7 Å². The van der Waals surface area contributed by atoms with Crippen LogP contribution in [0.1, 0.15) is 11.8 Å². The van der Waals surface area contributed by atoms with E-state index in [9.17, 15) is 4.79 Å². The van der Waals surface area contributed by atoms with Crippen molar-refractivity contribution in [3.05, 3.63) is 22.7 Å². The number of rotatable bonds is 3. The highest BCUT2D eigenvalue weighted by molar-refractivity contribution is 7.10. The van der Waals surface area contributed by atoms with E-state index in [1.807, 2.05) is 6.92 Å². The van der Waals surface area contributed by atoms with Crippen LogP contribution in [-0.4, -0.2) is 17.4 Å². The summed E-state index contributed by atoms with van der Waals surface area (Å²) in [4.78, 5) is 15.8. The van der Waals surface area contributed by atoms with Crippen molar-refractivity contribution in [2.75, 3.05) is 6.54 Å². The van der Waals surface area contributed by atoms with Gasteiger partial charge >= 0.3 is 0 Å². The highest BCUT2D eigenvalue weighted by Crippen LogP contribution is 2.06. The van der Waals surface area contributed by atoms with E-state index in [-0.39, 0.29) is 5.91 Å². The molecule has 0 aliphatic rings. The third kappa shape index (κ3) is 2.84. The number of nitrogens with one attached hydrogen (secondary N) is 1. The molecule has 0 bridgehead atoms. The normalized spacial score (nSPS) is 10.4. The summed E-state index contributed by atoms with van der Waals surface area (Å²) in [6.07, 6.45) is 4.99. The van der Waals surface area contributed by atoms with Gasteiger partial charge in [-0.3, -0.25) is 9.78 Å². The molecule has 0 radical (unpaired) electrons. The van der Waals surface area contributed by atoms with E-state index in [0.29, 0.717) is 6.54 Å². The molecule has 64 valence electrons. The van der Waals surface area contributed by atoms with Crippen LogP contribution in [-0.2, 0) is 4.79 Å². The van der Waals surface area contributed by atoms with Gasteiger partial charge in [0.15, 0.2) is 0 Å². The fourth-order valence-electron chi connectivity index (χ4n) is 0.699. The predicted molar refractivity (Wildman–Crippen MR) is 49.8 cm³/mol. The molecule has 0 unspecified atom stereocenters. The van der Waals surface area contributed by atoms with Crippen molar-refractivity contribution in [2.45, 2.75) is 6.92 Å². The molecule has 0 aromatic carbocycles. The van der Waals surface area contributed by atoms with Gasteiger partial charge < -0.3 is 5.32 Å². The van der Waals surface area contributed by atoms with Crippen molar-refractivity contribution in [1.29, 1.82) is 0 Å². The summed E-state index contributed by atoms with van der Waals surface area (Å²) in [5, 5.41) is 2.67. The van der Waals surface area contributed by atoms with Crippen molar-refractivity contribution in [2.24, 2.45) is 0 Å². The van der Waals surface area contributed by atoms with Crippen LogP contribution in [0.5, 0.6) is 0 Å². The Labute approximate surface area is 75.1 Å². The number of hydrogen-bond acceptors (Lipinski definition) is 3. The molecular formula is C8H10N2OS. The van der Waals surface area contributed by atoms with Crippen LogP contribution < -0.4 is 5.32 Å². The zero-order chi connectivity index (χ0) is 8.81. The Balaban J connectivity index is 2.45. The van der Waals surface area contributed by atoms with E-state index in [0.717, 1.165) is 4.88 Å². The van der Waals surface area contributed by atoms with Gasteiger partial charge in [-0.15, -0.1) is 11.3 Å². The minimum absolute atomic E-state index is 0.0640. The standard InChI is InChI=1S/C8H10N2OS/c1-2-10-8(11)4-3-7-5-9-6-12-7/h3-6H,2H2,1H3,(H,10,11)/b4-3+. The van der Waals surface area contributed by atoms with Crippen LogP contribution in [0.25, 0.3) is 6.08 Å². The van der Waals surface area contributed by atoms with Gasteiger partial charge in [0.25, 0.3) is 0 Å². The van der Waals surface area contributed by atoms with Crippen LogP contribution in [0.4, 0.5) is 0 Å². The van der Waals surface area contributed by atoms with Gasteiger partial charge in [-0.05, 0) is 13.0 Å². The fraction of sp³-hybridized carbons (Fsp3) is 0.250. The third-order valence-electron chi connectivity index (χ3n) is 1.20. The molecule has 0 aliphatic heterocycles. The van der Waals surface area contributed by atoms with Crippen molar-refractivity contribution in [3.63, 3.8) is 0 Å². The SMILES string of the molecule is CCNC(=O)/C=C/c1cncs1. The van der Waals surface area contributed by atoms with Gasteiger partial charge in [0.05, 0.1) is 5.51 Å². The molecular weight excluding hydrogens is 172 g/mol. The summed E-state index contributed by atoms with van der Waals surface area (Å²) >= 11 is 1.51. The molecule has 3 nitrogen and oxygen atoms in total. The van der Waals surface area contributed by atoms with E-state index >= 15 is 0 Å². The minimum Gasteiger partial charge on any atom is -0.353 e. The topological polar surface area (TPSA) is 42.0 Å². The molecule has 0 saturated carbocycles. The first-order valence-electron chi connectivity index (χ1n) is 3.67. The Kier molecular flexibility index (Phi) is 3.47. The van der Waals surface area contributed by atoms with E-state index < -0.39 is 0 Å². The van der Waals surface area contributed by atoms with E-state index in [1.54, 1.807) is 17.8 Å². The number of aromatic nitrogens is 1. The number of nitrogens with zero attached hydrogens (tertiary/aromatic N) is 1. The number of carbonyl (C=O) groups is 1. The summed E-state index contributed by atoms with van der Waals surface area (Å²) in [6.45, 7) is 2.55. The zero-order valence-electron chi connectivity index (χ0n) is 6.78. The number of likely N-dealkylation sites (N-methyl/N-ethyl adjacent to an activating group) is 1. The van der Waals surface area contributed by atoms with Crippen molar-refractivity contribution in [1.82, 2.24) is 10.3 Å². The zero-order valence-corrected chi connectivity index (χ0v) is 7.60. The van der Waals surface area contributed by atoms with E-state index in [1.165, 1.54) is 17.4 Å². The number of thiazole rings is 1. The maximum atomic E-state index is 10.9. The van der Waals surface area contributed by atoms with Crippen LogP contribution in [0.15, 0.2) is 17.8 Å². The Bertz CT molecular complexity index is 267. The Hall–Kier alpha value is -1.16. The second-order valence-electron chi connectivity index (χ2n) is 2.13. The molecule has 0 spiro atoms. The van der Waals surface area contributed by atoms with Gasteiger partial charge in [-0.2, -0.15) is 0 Å². The molecule has 1 amide bonds. The first-order valence-corrected chi connectivity index (χ1v) is 4.55. The second kappa shape index (κ2) is 4.66. The molecule has 0 atom stereocenters. The lowest BCUT2D eigenvalue weighted by molar-refractivity contribution is -0.116. The summed E-state index contributed by atoms with van der Waals surface area (Å²) < 4.78 is 0. The van der Waals surface area contributed by atoms with Crippen LogP contribution in [0, 0.1) is 0 Å². The maximum absolute atomic E-state index is 10.9. The highest BCUT2D eigenvalue weighted by Gasteiger charge is 1.91. The average molecular weight is 182 g/mol.